The molecule has 15 heteroatoms. The van der Waals surface area contributed by atoms with Crippen LogP contribution in [0.4, 0.5) is 0 Å². The van der Waals surface area contributed by atoms with Gasteiger partial charge < -0.3 is 30.8 Å². The number of amides is 1. The fraction of sp³-hybridized carbons (Fsp3) is 0.537. The van der Waals surface area contributed by atoms with E-state index in [0.717, 1.165) is 37.7 Å². The third-order valence-corrected chi connectivity index (χ3v) is 11.8. The van der Waals surface area contributed by atoms with Gasteiger partial charge in [-0.05, 0) is 73.7 Å². The zero-order valence-electron chi connectivity index (χ0n) is 31.4. The number of Topliss-reactive ketones (excluding diaryl/α,β-unsaturated/α-hetero) is 1. The van der Waals surface area contributed by atoms with E-state index in [2.05, 4.69) is 40.4 Å². The van der Waals surface area contributed by atoms with Crippen molar-refractivity contribution in [1.29, 1.82) is 0 Å². The molecule has 0 spiro atoms. The van der Waals surface area contributed by atoms with Crippen LogP contribution in [-0.2, 0) is 27.2 Å². The van der Waals surface area contributed by atoms with E-state index in [4.69, 9.17) is 10.8 Å². The van der Waals surface area contributed by atoms with Gasteiger partial charge >= 0.3 is 5.97 Å². The van der Waals surface area contributed by atoms with Crippen LogP contribution in [0.2, 0.25) is 0 Å². The average Bonchev–Trinajstić information content (AvgIpc) is 3.91. The molecule has 304 valence electrons. The number of benzene rings is 2. The highest BCUT2D eigenvalue weighted by Gasteiger charge is 2.61. The molecule has 7 atom stereocenters. The van der Waals surface area contributed by atoms with E-state index in [9.17, 15) is 39.7 Å². The third kappa shape index (κ3) is 9.98. The lowest BCUT2D eigenvalue weighted by atomic mass is 9.88. The summed E-state index contributed by atoms with van der Waals surface area (Å²) in [5, 5.41) is 43.7. The second-order valence-electron chi connectivity index (χ2n) is 15.3. The van der Waals surface area contributed by atoms with E-state index in [1.807, 2.05) is 37.4 Å². The standard InChI is InChI=1S/C20H25N3O4.C11H14N2.C9H13NO5.CH4/c1-13-10-20(25)17(16(13)12-23(26)27)9-19(24)22(20)8-4-5-14-11-21-18-7-3-2-6-15(14)18;12-7-3-4-9-8-13-11-6-2-1-5-10(9)11;1-5-2-8(11)6(3-9(12)13)7(5)4-10(14)15;/h2-3,6-7,11,13,16-17,21,25H,4-5,8-10,12H2,1H3;1-2,5-6,8,13H,3-4,7,12H2;5-7H,2-4H2,1H3,(H,12,13);1H4/t13-,16+,17?,20?;;5-,6-,7+;/m0.0./s1. The number of carbonyl (C=O) groups is 3. The quantitative estimate of drug-likeness (QED) is 0.0802. The lowest BCUT2D eigenvalue weighted by Gasteiger charge is -2.34. The lowest BCUT2D eigenvalue weighted by molar-refractivity contribution is -0.491. The molecule has 1 saturated heterocycles. The van der Waals surface area contributed by atoms with Crippen LogP contribution in [0.1, 0.15) is 70.9 Å². The zero-order valence-corrected chi connectivity index (χ0v) is 31.4. The van der Waals surface area contributed by atoms with Gasteiger partial charge in [-0.2, -0.15) is 0 Å². The van der Waals surface area contributed by atoms with Crippen LogP contribution in [0.15, 0.2) is 60.9 Å². The van der Waals surface area contributed by atoms with Gasteiger partial charge in [0.15, 0.2) is 0 Å². The van der Waals surface area contributed by atoms with Crippen molar-refractivity contribution in [3.05, 3.63) is 92.3 Å². The molecule has 2 aromatic carbocycles. The number of hydrogen-bond acceptors (Lipinski definition) is 9. The summed E-state index contributed by atoms with van der Waals surface area (Å²) in [7, 11) is 0. The van der Waals surface area contributed by atoms with Gasteiger partial charge in [0.25, 0.3) is 0 Å². The van der Waals surface area contributed by atoms with Crippen LogP contribution in [-0.4, -0.2) is 84.5 Å². The third-order valence-electron chi connectivity index (χ3n) is 11.8. The number of nitrogens with one attached hydrogen (secondary N) is 2. The number of aromatic amines is 2. The number of aliphatic carboxylic acids is 1. The Balaban J connectivity index is 0.000000204. The Morgan fingerprint density at radius 2 is 1.41 bits per heavy atom. The number of nitrogens with two attached hydrogens (primary N) is 1. The van der Waals surface area contributed by atoms with Crippen molar-refractivity contribution in [3.63, 3.8) is 0 Å². The molecule has 1 aliphatic heterocycles. The van der Waals surface area contributed by atoms with Crippen molar-refractivity contribution in [1.82, 2.24) is 14.9 Å². The Morgan fingerprint density at radius 1 is 0.875 bits per heavy atom. The number of nitrogens with zero attached hydrogens (tertiary/aromatic N) is 3. The molecule has 2 aliphatic carbocycles. The largest absolute Gasteiger partial charge is 0.481 e. The van der Waals surface area contributed by atoms with E-state index in [1.54, 1.807) is 11.8 Å². The Hall–Kier alpha value is -5.15. The molecule has 15 nitrogen and oxygen atoms in total. The van der Waals surface area contributed by atoms with E-state index in [0.29, 0.717) is 13.0 Å². The Kier molecular flexibility index (Phi) is 14.9. The highest BCUT2D eigenvalue weighted by molar-refractivity contribution is 5.87. The monoisotopic (exact) mass is 776 g/mol. The van der Waals surface area contributed by atoms with Crippen LogP contribution in [0.25, 0.3) is 21.8 Å². The number of H-pyrrole nitrogens is 2. The summed E-state index contributed by atoms with van der Waals surface area (Å²) in [6, 6.07) is 16.5. The predicted octanol–water partition coefficient (Wildman–Crippen LogP) is 5.84. The van der Waals surface area contributed by atoms with Crippen LogP contribution >= 0.6 is 0 Å². The fourth-order valence-corrected chi connectivity index (χ4v) is 9.04. The molecule has 3 fully saturated rings. The molecule has 0 bridgehead atoms. The van der Waals surface area contributed by atoms with Gasteiger partial charge in [0.05, 0.1) is 6.42 Å². The number of carboxylic acids is 1. The number of aliphatic hydroxyl groups is 1. The van der Waals surface area contributed by atoms with E-state index in [1.165, 1.54) is 27.4 Å². The number of likely N-dealkylation sites (tertiary alicyclic amines) is 1. The number of aryl methyl sites for hydroxylation is 2. The number of aromatic nitrogens is 2. The number of rotatable bonds is 13. The smallest absolute Gasteiger partial charge is 0.304 e. The summed E-state index contributed by atoms with van der Waals surface area (Å²) in [5.74, 6) is -3.05. The van der Waals surface area contributed by atoms with Crippen LogP contribution in [0, 0.1) is 55.7 Å². The summed E-state index contributed by atoms with van der Waals surface area (Å²) < 4.78 is 0. The number of ketones is 1. The molecule has 3 aliphatic rings. The molecule has 2 aromatic heterocycles. The first-order valence-electron chi connectivity index (χ1n) is 19.0. The Morgan fingerprint density at radius 3 is 1.95 bits per heavy atom. The fourth-order valence-electron chi connectivity index (χ4n) is 9.04. The zero-order chi connectivity index (χ0) is 39.9. The number of nitro groups is 2. The van der Waals surface area contributed by atoms with Crippen LogP contribution in [0.3, 0.4) is 0 Å². The summed E-state index contributed by atoms with van der Waals surface area (Å²) >= 11 is 0. The van der Waals surface area contributed by atoms with Gasteiger partial charge in [-0.3, -0.25) is 34.6 Å². The second kappa shape index (κ2) is 19.1. The molecule has 1 amide bonds. The molecule has 2 saturated carbocycles. The molecule has 0 radical (unpaired) electrons. The number of carboxylic acid groups (broad SMARTS) is 1. The van der Waals surface area contributed by atoms with Gasteiger partial charge in [-0.15, -0.1) is 0 Å². The first-order valence-corrected chi connectivity index (χ1v) is 19.0. The van der Waals surface area contributed by atoms with Crippen molar-refractivity contribution in [2.24, 2.45) is 41.2 Å². The van der Waals surface area contributed by atoms with Crippen molar-refractivity contribution >= 4 is 39.5 Å². The number of hydrogen-bond donors (Lipinski definition) is 5. The second-order valence-corrected chi connectivity index (χ2v) is 15.3. The average molecular weight is 777 g/mol. The number of fused-ring (bicyclic) bond motifs is 3. The first-order chi connectivity index (χ1) is 26.2. The number of carbonyl (C=O) groups excluding carboxylic acids is 2. The summed E-state index contributed by atoms with van der Waals surface area (Å²) in [6.07, 6.45) is 8.38. The van der Waals surface area contributed by atoms with Gasteiger partial charge in [0, 0.05) is 87.1 Å². The summed E-state index contributed by atoms with van der Waals surface area (Å²) in [4.78, 5) is 63.1. The minimum atomic E-state index is -1.22. The minimum absolute atomic E-state index is 0. The van der Waals surface area contributed by atoms with E-state index in [-0.39, 0.29) is 80.1 Å². The normalized spacial score (nSPS) is 25.2. The molecular weight excluding hydrogens is 720 g/mol. The molecular formula is C41H56N6O9. The highest BCUT2D eigenvalue weighted by atomic mass is 16.6. The topological polar surface area (TPSA) is 239 Å². The van der Waals surface area contributed by atoms with Gasteiger partial charge in [0.2, 0.25) is 19.0 Å². The van der Waals surface area contributed by atoms with Gasteiger partial charge in [0.1, 0.15) is 11.5 Å². The maximum Gasteiger partial charge on any atom is 0.304 e. The molecule has 6 N–H and O–H groups in total. The van der Waals surface area contributed by atoms with Gasteiger partial charge in [-0.25, -0.2) is 0 Å². The van der Waals surface area contributed by atoms with Gasteiger partial charge in [-0.1, -0.05) is 57.7 Å². The molecule has 56 heavy (non-hydrogen) atoms. The lowest BCUT2D eigenvalue weighted by Crippen LogP contribution is -2.48. The minimum Gasteiger partial charge on any atom is -0.481 e. The van der Waals surface area contributed by atoms with E-state index >= 15 is 0 Å². The van der Waals surface area contributed by atoms with Crippen molar-refractivity contribution in [3.8, 4) is 0 Å². The summed E-state index contributed by atoms with van der Waals surface area (Å²) in [6.45, 7) is 4.45. The Bertz CT molecular complexity index is 1990. The van der Waals surface area contributed by atoms with Crippen molar-refractivity contribution in [2.45, 2.75) is 78.4 Å². The predicted molar refractivity (Wildman–Crippen MR) is 213 cm³/mol. The van der Waals surface area contributed by atoms with E-state index < -0.39 is 28.5 Å². The molecule has 4 aromatic rings. The molecule has 2 unspecified atom stereocenters. The van der Waals surface area contributed by atoms with Crippen LogP contribution in [0.5, 0.6) is 0 Å². The SMILES string of the molecule is C.C[C@H]1CC(=O)[C@@H](CC(=O)O)[C@@H]1C[N+](=O)[O-].C[C@H]1CC2(O)C(CC(=O)N2CCCc2c[nH]c3ccccc23)[C@@H]1C[N+](=O)[O-].NCCCc1c[nH]c2ccccc12. The maximum absolute atomic E-state index is 12.5. The number of para-hydroxylation sites is 2. The van der Waals surface area contributed by atoms with Crippen LogP contribution < -0.4 is 5.73 Å². The maximum atomic E-state index is 12.5. The Labute approximate surface area is 326 Å². The molecule has 3 heterocycles. The highest BCUT2D eigenvalue weighted by Crippen LogP contribution is 2.52. The molecule has 7 rings (SSSR count). The summed E-state index contributed by atoms with van der Waals surface area (Å²) in [5.41, 5.74) is 9.14. The van der Waals surface area contributed by atoms with Crippen molar-refractivity contribution < 1.29 is 34.4 Å². The van der Waals surface area contributed by atoms with Crippen molar-refractivity contribution in [2.75, 3.05) is 26.2 Å². The first kappa shape index (κ1) is 43.6.